The molecule has 2 heterocycles. The molecule has 1 saturated heterocycles. The molecule has 200 valence electrons. The van der Waals surface area contributed by atoms with Crippen molar-refractivity contribution in [2.45, 2.75) is 57.2 Å². The van der Waals surface area contributed by atoms with E-state index >= 15 is 0 Å². The molecule has 0 radical (unpaired) electrons. The zero-order valence-corrected chi connectivity index (χ0v) is 20.9. The van der Waals surface area contributed by atoms with Crippen molar-refractivity contribution in [2.75, 3.05) is 13.2 Å². The second kappa shape index (κ2) is 11.9. The summed E-state index contributed by atoms with van der Waals surface area (Å²) in [5.74, 6) is -2.83. The highest BCUT2D eigenvalue weighted by Crippen LogP contribution is 2.35. The van der Waals surface area contributed by atoms with E-state index in [-0.39, 0.29) is 30.2 Å². The molecule has 4 rings (SSSR count). The molecule has 1 aliphatic heterocycles. The number of carbonyl (C=O) groups excluding carboxylic acids is 4. The Kier molecular flexibility index (Phi) is 8.35. The molecule has 1 saturated carbocycles. The van der Waals surface area contributed by atoms with Crippen LogP contribution in [0.5, 0.6) is 0 Å². The number of amides is 3. The summed E-state index contributed by atoms with van der Waals surface area (Å²) in [7, 11) is 0. The number of likely N-dealkylation sites (tertiary alicyclic amines) is 1. The number of aromatic nitrogens is 2. The Bertz CT molecular complexity index is 1240. The number of nitrogens with one attached hydrogen (secondary N) is 2. The smallest absolute Gasteiger partial charge is 0.308 e. The van der Waals surface area contributed by atoms with Gasteiger partial charge in [0.05, 0.1) is 31.1 Å². The zero-order chi connectivity index (χ0) is 27.2. The van der Waals surface area contributed by atoms with Gasteiger partial charge in [0.1, 0.15) is 23.9 Å². The Balaban J connectivity index is 1.42. The van der Waals surface area contributed by atoms with Gasteiger partial charge in [0.15, 0.2) is 0 Å². The number of hydrogen-bond acceptors (Lipinski definition) is 7. The number of carbonyl (C=O) groups is 4. The summed E-state index contributed by atoms with van der Waals surface area (Å²) >= 11 is 0. The lowest BCUT2D eigenvalue weighted by Gasteiger charge is -2.29. The molecule has 11 nitrogen and oxygen atoms in total. The minimum Gasteiger partial charge on any atom is -0.466 e. The first kappa shape index (κ1) is 26.8. The van der Waals surface area contributed by atoms with Crippen molar-refractivity contribution in [3.8, 4) is 11.8 Å². The second-order valence-corrected chi connectivity index (χ2v) is 9.31. The average Bonchev–Trinajstić information content (AvgIpc) is 3.37. The molecule has 12 heteroatoms. The molecule has 1 aliphatic carbocycles. The van der Waals surface area contributed by atoms with Crippen LogP contribution in [-0.4, -0.2) is 69.4 Å². The quantitative estimate of drug-likeness (QED) is 0.448. The summed E-state index contributed by atoms with van der Waals surface area (Å²) in [4.78, 5) is 56.5. The maximum absolute atomic E-state index is 14.7. The van der Waals surface area contributed by atoms with Gasteiger partial charge in [-0.15, -0.1) is 0 Å². The highest BCUT2D eigenvalue weighted by Gasteiger charge is 2.44. The number of imidazole rings is 1. The number of ether oxygens (including phenoxy) is 1. The van der Waals surface area contributed by atoms with Crippen LogP contribution in [0.15, 0.2) is 36.9 Å². The average molecular weight is 525 g/mol. The summed E-state index contributed by atoms with van der Waals surface area (Å²) in [5.41, 5.74) is 0.301. The maximum Gasteiger partial charge on any atom is 0.308 e. The van der Waals surface area contributed by atoms with Crippen molar-refractivity contribution in [3.05, 3.63) is 48.3 Å². The fourth-order valence-corrected chi connectivity index (χ4v) is 4.56. The monoisotopic (exact) mass is 524 g/mol. The van der Waals surface area contributed by atoms with Crippen molar-refractivity contribution in [1.29, 1.82) is 5.26 Å². The zero-order valence-electron chi connectivity index (χ0n) is 20.9. The summed E-state index contributed by atoms with van der Waals surface area (Å²) in [6.45, 7) is 2.12. The van der Waals surface area contributed by atoms with Gasteiger partial charge in [-0.25, -0.2) is 9.37 Å². The standard InChI is InChI=1S/C26H29FN6O5/c1-2-38-22(34)13-18(14-28)30-25(36)21-4-3-10-33(21)26(37)23(16-5-6-16)31-24(35)17-7-8-20(19(27)12-17)32-11-9-29-15-32/h7-9,11-12,15-16,18,21,23H,2-6,10,13H2,1H3,(H,30,36)(H,31,35). The van der Waals surface area contributed by atoms with Crippen molar-refractivity contribution < 1.29 is 28.3 Å². The van der Waals surface area contributed by atoms with Gasteiger partial charge in [0.25, 0.3) is 5.91 Å². The minimum absolute atomic E-state index is 0.0661. The normalized spacial score (nSPS) is 18.2. The van der Waals surface area contributed by atoms with Gasteiger partial charge in [0, 0.05) is 24.5 Å². The second-order valence-electron chi connectivity index (χ2n) is 9.31. The largest absolute Gasteiger partial charge is 0.466 e. The van der Waals surface area contributed by atoms with Gasteiger partial charge < -0.3 is 24.8 Å². The van der Waals surface area contributed by atoms with Crippen LogP contribution in [0.25, 0.3) is 5.69 Å². The van der Waals surface area contributed by atoms with E-state index in [2.05, 4.69) is 15.6 Å². The molecule has 3 atom stereocenters. The SMILES string of the molecule is CCOC(=O)CC(C#N)NC(=O)C1CCCN1C(=O)C(NC(=O)c1ccc(-n2ccnc2)c(F)c1)C1CC1. The number of halogens is 1. The van der Waals surface area contributed by atoms with Crippen LogP contribution in [0, 0.1) is 23.1 Å². The molecule has 3 unspecified atom stereocenters. The van der Waals surface area contributed by atoms with Crippen LogP contribution < -0.4 is 10.6 Å². The van der Waals surface area contributed by atoms with Gasteiger partial charge in [-0.1, -0.05) is 0 Å². The Morgan fingerprint density at radius 2 is 2.03 bits per heavy atom. The van der Waals surface area contributed by atoms with E-state index in [9.17, 15) is 28.8 Å². The summed E-state index contributed by atoms with van der Waals surface area (Å²) < 4.78 is 21.0. The summed E-state index contributed by atoms with van der Waals surface area (Å²) in [6.07, 6.45) is 6.69. The predicted molar refractivity (Wildman–Crippen MR) is 131 cm³/mol. The number of esters is 1. The topological polar surface area (TPSA) is 146 Å². The first-order valence-corrected chi connectivity index (χ1v) is 12.6. The third-order valence-electron chi connectivity index (χ3n) is 6.63. The Hall–Kier alpha value is -4.27. The Labute approximate surface area is 218 Å². The number of rotatable bonds is 10. The summed E-state index contributed by atoms with van der Waals surface area (Å²) in [5, 5.41) is 14.6. The molecular weight excluding hydrogens is 495 g/mol. The number of nitriles is 1. The van der Waals surface area contributed by atoms with Gasteiger partial charge in [0.2, 0.25) is 11.8 Å². The van der Waals surface area contributed by atoms with Gasteiger partial charge in [-0.05, 0) is 56.7 Å². The van der Waals surface area contributed by atoms with Crippen LogP contribution in [0.2, 0.25) is 0 Å². The fourth-order valence-electron chi connectivity index (χ4n) is 4.56. The van der Waals surface area contributed by atoms with Crippen molar-refractivity contribution in [3.63, 3.8) is 0 Å². The van der Waals surface area contributed by atoms with Crippen molar-refractivity contribution in [2.24, 2.45) is 5.92 Å². The van der Waals surface area contributed by atoms with Crippen LogP contribution in [0.1, 0.15) is 49.4 Å². The first-order valence-electron chi connectivity index (χ1n) is 12.6. The van der Waals surface area contributed by atoms with Crippen LogP contribution in [-0.2, 0) is 19.1 Å². The number of benzene rings is 1. The van der Waals surface area contributed by atoms with E-state index in [0.717, 1.165) is 18.9 Å². The van der Waals surface area contributed by atoms with E-state index < -0.39 is 47.6 Å². The van der Waals surface area contributed by atoms with Crippen molar-refractivity contribution in [1.82, 2.24) is 25.1 Å². The fraction of sp³-hybridized carbons (Fsp3) is 0.462. The van der Waals surface area contributed by atoms with E-state index in [1.807, 2.05) is 6.07 Å². The molecular formula is C26H29FN6O5. The summed E-state index contributed by atoms with van der Waals surface area (Å²) in [6, 6.07) is 3.14. The first-order chi connectivity index (χ1) is 18.3. The molecule has 38 heavy (non-hydrogen) atoms. The number of nitrogens with zero attached hydrogens (tertiary/aromatic N) is 4. The Morgan fingerprint density at radius 1 is 1.24 bits per heavy atom. The molecule has 0 bridgehead atoms. The minimum atomic E-state index is -1.08. The molecule has 2 fully saturated rings. The third kappa shape index (κ3) is 6.16. The van der Waals surface area contributed by atoms with E-state index in [1.54, 1.807) is 13.1 Å². The molecule has 2 aromatic rings. The number of hydrogen-bond donors (Lipinski definition) is 2. The third-order valence-corrected chi connectivity index (χ3v) is 6.63. The molecule has 1 aromatic heterocycles. The molecule has 0 spiro atoms. The van der Waals surface area contributed by atoms with Crippen molar-refractivity contribution >= 4 is 23.7 Å². The predicted octanol–water partition coefficient (Wildman–Crippen LogP) is 1.47. The van der Waals surface area contributed by atoms with Gasteiger partial charge in [-0.3, -0.25) is 19.2 Å². The lowest BCUT2D eigenvalue weighted by Crippen LogP contribution is -2.55. The molecule has 2 aliphatic rings. The lowest BCUT2D eigenvalue weighted by atomic mass is 10.1. The van der Waals surface area contributed by atoms with Gasteiger partial charge >= 0.3 is 5.97 Å². The highest BCUT2D eigenvalue weighted by molar-refractivity contribution is 5.99. The van der Waals surface area contributed by atoms with Crippen LogP contribution in [0.3, 0.4) is 0 Å². The van der Waals surface area contributed by atoms with Gasteiger partial charge in [-0.2, -0.15) is 5.26 Å². The Morgan fingerprint density at radius 3 is 2.66 bits per heavy atom. The maximum atomic E-state index is 14.7. The lowest BCUT2D eigenvalue weighted by molar-refractivity contribution is -0.144. The molecule has 1 aromatic carbocycles. The van der Waals surface area contributed by atoms with Crippen LogP contribution >= 0.6 is 0 Å². The van der Waals surface area contributed by atoms with E-state index in [0.29, 0.717) is 19.4 Å². The van der Waals surface area contributed by atoms with E-state index in [4.69, 9.17) is 4.74 Å². The van der Waals surface area contributed by atoms with Crippen LogP contribution in [0.4, 0.5) is 4.39 Å². The molecule has 3 amide bonds. The molecule has 2 N–H and O–H groups in total. The highest BCUT2D eigenvalue weighted by atomic mass is 19.1. The van der Waals surface area contributed by atoms with E-state index in [1.165, 1.54) is 34.1 Å².